The second-order valence-electron chi connectivity index (χ2n) is 3.49. The van der Waals surface area contributed by atoms with Crippen LogP contribution in [0, 0.1) is 0 Å². The molecule has 1 aromatic heterocycles. The van der Waals surface area contributed by atoms with E-state index in [1.807, 2.05) is 13.8 Å². The molecule has 0 amide bonds. The van der Waals surface area contributed by atoms with E-state index in [1.54, 1.807) is 7.11 Å². The first-order valence-electron chi connectivity index (χ1n) is 3.96. The van der Waals surface area contributed by atoms with E-state index in [9.17, 15) is 0 Å². The molecule has 74 valence electrons. The third-order valence-electron chi connectivity index (χ3n) is 1.93. The van der Waals surface area contributed by atoms with Crippen molar-refractivity contribution in [2.75, 3.05) is 18.7 Å². The quantitative estimate of drug-likeness (QED) is 0.622. The summed E-state index contributed by atoms with van der Waals surface area (Å²) in [6.45, 7) is 3.88. The van der Waals surface area contributed by atoms with Crippen LogP contribution < -0.4 is 11.6 Å². The van der Waals surface area contributed by atoms with Crippen LogP contribution in [0.25, 0.3) is 0 Å². The number of rotatable bonds is 3. The molecule has 0 aromatic carbocycles. The number of hydrogen-bond acceptors (Lipinski definition) is 5. The highest BCUT2D eigenvalue weighted by atomic mass is 16.5. The molecule has 6 nitrogen and oxygen atoms in total. The fourth-order valence-corrected chi connectivity index (χ4v) is 0.911. The zero-order valence-corrected chi connectivity index (χ0v) is 8.11. The van der Waals surface area contributed by atoms with Crippen LogP contribution in [0.1, 0.15) is 19.7 Å². The molecule has 0 aliphatic rings. The SMILES string of the molecule is COC(C)(C)Cc1nnc(N)n1N. The molecular formula is C7H15N5O. The van der Waals surface area contributed by atoms with Gasteiger partial charge < -0.3 is 16.3 Å². The van der Waals surface area contributed by atoms with Crippen molar-refractivity contribution in [1.82, 2.24) is 14.9 Å². The summed E-state index contributed by atoms with van der Waals surface area (Å²) in [5.74, 6) is 6.40. The lowest BCUT2D eigenvalue weighted by Crippen LogP contribution is -2.29. The van der Waals surface area contributed by atoms with Crippen LogP contribution >= 0.6 is 0 Å². The Labute approximate surface area is 76.8 Å². The number of nitrogen functional groups attached to an aromatic ring is 2. The molecule has 4 N–H and O–H groups in total. The average molecular weight is 185 g/mol. The summed E-state index contributed by atoms with van der Waals surface area (Å²) in [5, 5.41) is 7.48. The van der Waals surface area contributed by atoms with E-state index in [-0.39, 0.29) is 11.5 Å². The van der Waals surface area contributed by atoms with E-state index < -0.39 is 0 Å². The fourth-order valence-electron chi connectivity index (χ4n) is 0.911. The fraction of sp³-hybridized carbons (Fsp3) is 0.714. The summed E-state index contributed by atoms with van der Waals surface area (Å²) in [6, 6.07) is 0. The van der Waals surface area contributed by atoms with Gasteiger partial charge in [-0.25, -0.2) is 4.68 Å². The second kappa shape index (κ2) is 3.21. The highest BCUT2D eigenvalue weighted by Gasteiger charge is 2.21. The lowest BCUT2D eigenvalue weighted by molar-refractivity contribution is 0.0211. The molecule has 0 fully saturated rings. The Morgan fingerprint density at radius 3 is 2.46 bits per heavy atom. The van der Waals surface area contributed by atoms with Crippen molar-refractivity contribution in [3.8, 4) is 0 Å². The van der Waals surface area contributed by atoms with E-state index >= 15 is 0 Å². The van der Waals surface area contributed by atoms with Crippen LogP contribution in [0.15, 0.2) is 0 Å². The maximum Gasteiger partial charge on any atom is 0.240 e. The number of nitrogens with two attached hydrogens (primary N) is 2. The first kappa shape index (κ1) is 9.79. The van der Waals surface area contributed by atoms with Gasteiger partial charge >= 0.3 is 0 Å². The summed E-state index contributed by atoms with van der Waals surface area (Å²) >= 11 is 0. The zero-order valence-electron chi connectivity index (χ0n) is 8.11. The van der Waals surface area contributed by atoms with Crippen LogP contribution in [0.4, 0.5) is 5.95 Å². The molecule has 0 bridgehead atoms. The van der Waals surface area contributed by atoms with Crippen molar-refractivity contribution in [2.45, 2.75) is 25.9 Å². The van der Waals surface area contributed by atoms with Gasteiger partial charge in [0, 0.05) is 13.5 Å². The molecule has 0 unspecified atom stereocenters. The number of anilines is 1. The normalized spacial score (nSPS) is 11.9. The van der Waals surface area contributed by atoms with Crippen molar-refractivity contribution < 1.29 is 4.74 Å². The van der Waals surface area contributed by atoms with Crippen LogP contribution in [-0.2, 0) is 11.2 Å². The predicted molar refractivity (Wildman–Crippen MR) is 49.4 cm³/mol. The topological polar surface area (TPSA) is 92.0 Å². The van der Waals surface area contributed by atoms with Crippen molar-refractivity contribution >= 4 is 5.95 Å². The minimum absolute atomic E-state index is 0.210. The maximum atomic E-state index is 5.58. The lowest BCUT2D eigenvalue weighted by atomic mass is 10.1. The Hall–Kier alpha value is -1.30. The number of aromatic nitrogens is 3. The molecule has 1 rings (SSSR count). The van der Waals surface area contributed by atoms with Crippen LogP contribution in [-0.4, -0.2) is 27.6 Å². The van der Waals surface area contributed by atoms with Gasteiger partial charge in [0.05, 0.1) is 5.60 Å². The predicted octanol–water partition coefficient (Wildman–Crippen LogP) is -0.458. The number of nitrogens with zero attached hydrogens (tertiary/aromatic N) is 3. The van der Waals surface area contributed by atoms with Crippen LogP contribution in [0.2, 0.25) is 0 Å². The molecule has 0 atom stereocenters. The lowest BCUT2D eigenvalue weighted by Gasteiger charge is -2.21. The molecule has 0 spiro atoms. The third kappa shape index (κ3) is 2.09. The molecular weight excluding hydrogens is 170 g/mol. The summed E-state index contributed by atoms with van der Waals surface area (Å²) < 4.78 is 6.49. The molecule has 6 heteroatoms. The van der Waals surface area contributed by atoms with Gasteiger partial charge in [0.2, 0.25) is 5.95 Å². The highest BCUT2D eigenvalue weighted by Crippen LogP contribution is 2.14. The van der Waals surface area contributed by atoms with E-state index in [1.165, 1.54) is 4.68 Å². The highest BCUT2D eigenvalue weighted by molar-refractivity contribution is 5.17. The molecule has 0 saturated carbocycles. The van der Waals surface area contributed by atoms with E-state index in [4.69, 9.17) is 16.3 Å². The Balaban J connectivity index is 2.80. The van der Waals surface area contributed by atoms with Gasteiger partial charge in [0.1, 0.15) is 0 Å². The van der Waals surface area contributed by atoms with Gasteiger partial charge in [-0.3, -0.25) is 0 Å². The first-order valence-corrected chi connectivity index (χ1v) is 3.96. The average Bonchev–Trinajstić information content (AvgIpc) is 2.36. The molecule has 0 aliphatic carbocycles. The van der Waals surface area contributed by atoms with Crippen molar-refractivity contribution in [2.24, 2.45) is 0 Å². The Morgan fingerprint density at radius 1 is 1.46 bits per heavy atom. The van der Waals surface area contributed by atoms with Gasteiger partial charge in [0.25, 0.3) is 0 Å². The molecule has 13 heavy (non-hydrogen) atoms. The second-order valence-corrected chi connectivity index (χ2v) is 3.49. The molecule has 1 heterocycles. The van der Waals surface area contributed by atoms with Crippen LogP contribution in [0.3, 0.4) is 0 Å². The summed E-state index contributed by atoms with van der Waals surface area (Å²) in [5.41, 5.74) is 5.12. The number of hydrogen-bond donors (Lipinski definition) is 2. The first-order chi connectivity index (χ1) is 5.96. The van der Waals surface area contributed by atoms with E-state index in [0.717, 1.165) is 0 Å². The molecule has 0 saturated heterocycles. The Morgan fingerprint density at radius 2 is 2.08 bits per heavy atom. The van der Waals surface area contributed by atoms with E-state index in [0.29, 0.717) is 12.2 Å². The Kier molecular flexibility index (Phi) is 2.42. The van der Waals surface area contributed by atoms with Crippen molar-refractivity contribution in [3.63, 3.8) is 0 Å². The molecule has 0 radical (unpaired) electrons. The van der Waals surface area contributed by atoms with Gasteiger partial charge in [-0.2, -0.15) is 0 Å². The molecule has 1 aromatic rings. The minimum Gasteiger partial charge on any atom is -0.378 e. The van der Waals surface area contributed by atoms with Gasteiger partial charge in [-0.05, 0) is 13.8 Å². The van der Waals surface area contributed by atoms with Crippen LogP contribution in [0.5, 0.6) is 0 Å². The largest absolute Gasteiger partial charge is 0.378 e. The number of ether oxygens (including phenoxy) is 1. The number of methoxy groups -OCH3 is 1. The summed E-state index contributed by atoms with van der Waals surface area (Å²) in [7, 11) is 1.64. The van der Waals surface area contributed by atoms with Crippen molar-refractivity contribution in [1.29, 1.82) is 0 Å². The van der Waals surface area contributed by atoms with Gasteiger partial charge in [-0.15, -0.1) is 10.2 Å². The zero-order chi connectivity index (χ0) is 10.1. The maximum absolute atomic E-state index is 5.58. The summed E-state index contributed by atoms with van der Waals surface area (Å²) in [6.07, 6.45) is 0.574. The minimum atomic E-state index is -0.309. The molecule has 0 aliphatic heterocycles. The van der Waals surface area contributed by atoms with Crippen molar-refractivity contribution in [3.05, 3.63) is 5.82 Å². The van der Waals surface area contributed by atoms with Gasteiger partial charge in [-0.1, -0.05) is 0 Å². The monoisotopic (exact) mass is 185 g/mol. The van der Waals surface area contributed by atoms with Gasteiger partial charge in [0.15, 0.2) is 5.82 Å². The standard InChI is InChI=1S/C7H15N5O/c1-7(2,13-3)4-5-10-11-6(8)12(5)9/h4,9H2,1-3H3,(H2,8,11). The smallest absolute Gasteiger partial charge is 0.240 e. The third-order valence-corrected chi connectivity index (χ3v) is 1.93. The van der Waals surface area contributed by atoms with E-state index in [2.05, 4.69) is 10.2 Å². The summed E-state index contributed by atoms with van der Waals surface area (Å²) in [4.78, 5) is 0. The Bertz CT molecular complexity index is 293.